The minimum atomic E-state index is 0.451. The summed E-state index contributed by atoms with van der Waals surface area (Å²) in [5.41, 5.74) is 0. The number of hydrogen-bond acceptors (Lipinski definition) is 5. The van der Waals surface area contributed by atoms with Gasteiger partial charge in [-0.2, -0.15) is 0 Å². The SMILES string of the molecule is CC#CCOCCOCCOCCOCCNC=O.CC(C)C. The van der Waals surface area contributed by atoms with Crippen LogP contribution in [0.5, 0.6) is 0 Å². The molecular formula is C17H33NO5. The molecule has 0 aromatic rings. The summed E-state index contributed by atoms with van der Waals surface area (Å²) >= 11 is 0. The molecule has 0 aromatic carbocycles. The molecule has 6 nitrogen and oxygen atoms in total. The van der Waals surface area contributed by atoms with Gasteiger partial charge in [0.15, 0.2) is 0 Å². The Morgan fingerprint density at radius 1 is 0.870 bits per heavy atom. The summed E-state index contributed by atoms with van der Waals surface area (Å²) in [6.07, 6.45) is 0.649. The van der Waals surface area contributed by atoms with Gasteiger partial charge in [-0.3, -0.25) is 4.79 Å². The third-order valence-electron chi connectivity index (χ3n) is 1.94. The Morgan fingerprint density at radius 2 is 1.30 bits per heavy atom. The van der Waals surface area contributed by atoms with E-state index in [0.717, 1.165) is 5.92 Å². The summed E-state index contributed by atoms with van der Waals surface area (Å²) in [5, 5.41) is 2.51. The third kappa shape index (κ3) is 33.6. The first kappa shape index (κ1) is 24.1. The summed E-state index contributed by atoms with van der Waals surface area (Å²) in [7, 11) is 0. The zero-order chi connectivity index (χ0) is 17.6. The Balaban J connectivity index is 0. The number of carbonyl (C=O) groups is 1. The highest BCUT2D eigenvalue weighted by atomic mass is 16.6. The van der Waals surface area contributed by atoms with Gasteiger partial charge < -0.3 is 24.3 Å². The first-order chi connectivity index (χ1) is 11.1. The van der Waals surface area contributed by atoms with E-state index in [4.69, 9.17) is 18.9 Å². The first-order valence-electron chi connectivity index (χ1n) is 8.02. The van der Waals surface area contributed by atoms with Gasteiger partial charge in [-0.05, 0) is 12.8 Å². The normalized spacial score (nSPS) is 9.61. The van der Waals surface area contributed by atoms with Crippen molar-refractivity contribution in [3.05, 3.63) is 0 Å². The summed E-state index contributed by atoms with van der Waals surface area (Å²) in [6, 6.07) is 0. The minimum Gasteiger partial charge on any atom is -0.377 e. The first-order valence-corrected chi connectivity index (χ1v) is 8.02. The molecule has 0 aliphatic heterocycles. The number of amides is 1. The van der Waals surface area contributed by atoms with E-state index in [2.05, 4.69) is 37.9 Å². The molecule has 0 unspecified atom stereocenters. The molecular weight excluding hydrogens is 298 g/mol. The van der Waals surface area contributed by atoms with Crippen molar-refractivity contribution in [3.8, 4) is 11.8 Å². The number of hydrogen-bond donors (Lipinski definition) is 1. The Hall–Kier alpha value is -1.13. The monoisotopic (exact) mass is 331 g/mol. The molecule has 0 aromatic heterocycles. The smallest absolute Gasteiger partial charge is 0.207 e. The fourth-order valence-electron chi connectivity index (χ4n) is 1.05. The molecule has 0 spiro atoms. The van der Waals surface area contributed by atoms with Crippen molar-refractivity contribution >= 4 is 6.41 Å². The number of carbonyl (C=O) groups excluding carboxylic acids is 1. The van der Waals surface area contributed by atoms with Gasteiger partial charge in [0.2, 0.25) is 6.41 Å². The van der Waals surface area contributed by atoms with E-state index >= 15 is 0 Å². The van der Waals surface area contributed by atoms with E-state index in [0.29, 0.717) is 65.8 Å². The molecule has 0 fully saturated rings. The Bertz CT molecular complexity index is 284. The molecule has 0 aliphatic rings. The fourth-order valence-corrected chi connectivity index (χ4v) is 1.05. The van der Waals surface area contributed by atoms with Crippen molar-refractivity contribution in [2.75, 3.05) is 59.4 Å². The molecule has 0 rings (SSSR count). The highest BCUT2D eigenvalue weighted by Gasteiger charge is 1.92. The third-order valence-corrected chi connectivity index (χ3v) is 1.94. The maximum absolute atomic E-state index is 9.92. The molecule has 0 bridgehead atoms. The Kier molecular flexibility index (Phi) is 24.3. The van der Waals surface area contributed by atoms with Crippen LogP contribution >= 0.6 is 0 Å². The molecule has 6 heteroatoms. The maximum atomic E-state index is 9.92. The van der Waals surface area contributed by atoms with Gasteiger partial charge in [0.05, 0.1) is 46.2 Å². The molecule has 1 amide bonds. The average Bonchev–Trinajstić information content (AvgIpc) is 2.50. The second-order valence-corrected chi connectivity index (χ2v) is 5.12. The topological polar surface area (TPSA) is 66.0 Å². The second-order valence-electron chi connectivity index (χ2n) is 5.12. The molecule has 1 N–H and O–H groups in total. The van der Waals surface area contributed by atoms with Gasteiger partial charge in [0, 0.05) is 6.54 Å². The Labute approximate surface area is 141 Å². The van der Waals surface area contributed by atoms with E-state index in [1.54, 1.807) is 6.92 Å². The average molecular weight is 331 g/mol. The lowest BCUT2D eigenvalue weighted by Crippen LogP contribution is -2.19. The van der Waals surface area contributed by atoms with Gasteiger partial charge in [0.1, 0.15) is 6.61 Å². The van der Waals surface area contributed by atoms with Crippen molar-refractivity contribution in [1.29, 1.82) is 0 Å². The van der Waals surface area contributed by atoms with Crippen LogP contribution in [0.25, 0.3) is 0 Å². The highest BCUT2D eigenvalue weighted by molar-refractivity contribution is 5.45. The van der Waals surface area contributed by atoms with Crippen LogP contribution in [0, 0.1) is 17.8 Å². The van der Waals surface area contributed by atoms with Gasteiger partial charge >= 0.3 is 0 Å². The molecule has 0 saturated heterocycles. The molecule has 0 radical (unpaired) electrons. The Morgan fingerprint density at radius 3 is 1.74 bits per heavy atom. The number of nitrogens with one attached hydrogen (secondary N) is 1. The van der Waals surface area contributed by atoms with Gasteiger partial charge in [0.25, 0.3) is 0 Å². The zero-order valence-corrected chi connectivity index (χ0v) is 15.1. The lowest BCUT2D eigenvalue weighted by molar-refractivity contribution is -0.109. The van der Waals surface area contributed by atoms with Crippen molar-refractivity contribution in [1.82, 2.24) is 5.32 Å². The largest absolute Gasteiger partial charge is 0.377 e. The highest BCUT2D eigenvalue weighted by Crippen LogP contribution is 1.82. The second kappa shape index (κ2) is 23.1. The van der Waals surface area contributed by atoms with Crippen molar-refractivity contribution in [2.45, 2.75) is 27.7 Å². The number of rotatable bonds is 14. The van der Waals surface area contributed by atoms with Crippen LogP contribution in [-0.2, 0) is 23.7 Å². The van der Waals surface area contributed by atoms with Crippen molar-refractivity contribution in [2.24, 2.45) is 5.92 Å². The lowest BCUT2D eigenvalue weighted by Gasteiger charge is -2.06. The van der Waals surface area contributed by atoms with E-state index in [-0.39, 0.29) is 0 Å². The van der Waals surface area contributed by atoms with Gasteiger partial charge in [-0.25, -0.2) is 0 Å². The lowest BCUT2D eigenvalue weighted by atomic mass is 10.3. The summed E-state index contributed by atoms with van der Waals surface area (Å²) in [5.74, 6) is 6.38. The van der Waals surface area contributed by atoms with Crippen LogP contribution in [0.1, 0.15) is 27.7 Å². The molecule has 0 heterocycles. The zero-order valence-electron chi connectivity index (χ0n) is 15.1. The van der Waals surface area contributed by atoms with Crippen LogP contribution in [-0.4, -0.2) is 65.8 Å². The predicted molar refractivity (Wildman–Crippen MR) is 91.3 cm³/mol. The van der Waals surface area contributed by atoms with Crippen molar-refractivity contribution < 1.29 is 23.7 Å². The van der Waals surface area contributed by atoms with E-state index in [1.165, 1.54) is 0 Å². The maximum Gasteiger partial charge on any atom is 0.207 e. The van der Waals surface area contributed by atoms with E-state index in [1.807, 2.05) is 0 Å². The molecule has 23 heavy (non-hydrogen) atoms. The van der Waals surface area contributed by atoms with Crippen molar-refractivity contribution in [3.63, 3.8) is 0 Å². The molecule has 0 saturated carbocycles. The van der Waals surface area contributed by atoms with Crippen LogP contribution in [0.3, 0.4) is 0 Å². The van der Waals surface area contributed by atoms with Gasteiger partial charge in [-0.1, -0.05) is 26.7 Å². The standard InChI is InChI=1S/C13H23NO5.C4H10/c1-2-3-5-16-7-9-18-11-12-19-10-8-17-6-4-14-13-15;1-4(2)3/h13H,4-12H2,1H3,(H,14,15);4H,1-3H3. The number of ether oxygens (including phenoxy) is 4. The van der Waals surface area contributed by atoms with E-state index < -0.39 is 0 Å². The minimum absolute atomic E-state index is 0.451. The summed E-state index contributed by atoms with van der Waals surface area (Å²) in [6.45, 7) is 12.9. The molecule has 0 atom stereocenters. The predicted octanol–water partition coefficient (Wildman–Crippen LogP) is 1.48. The van der Waals surface area contributed by atoms with Crippen LogP contribution in [0.2, 0.25) is 0 Å². The van der Waals surface area contributed by atoms with Crippen LogP contribution in [0.15, 0.2) is 0 Å². The summed E-state index contributed by atoms with van der Waals surface area (Å²) in [4.78, 5) is 9.92. The van der Waals surface area contributed by atoms with Gasteiger partial charge in [-0.15, -0.1) is 5.92 Å². The molecule has 136 valence electrons. The molecule has 0 aliphatic carbocycles. The summed E-state index contributed by atoms with van der Waals surface area (Å²) < 4.78 is 20.9. The van der Waals surface area contributed by atoms with E-state index in [9.17, 15) is 4.79 Å². The van der Waals surface area contributed by atoms with Crippen LogP contribution < -0.4 is 5.32 Å². The van der Waals surface area contributed by atoms with Crippen LogP contribution in [0.4, 0.5) is 0 Å². The quantitative estimate of drug-likeness (QED) is 0.297. The fraction of sp³-hybridized carbons (Fsp3) is 0.824.